The first-order chi connectivity index (χ1) is 19.1. The van der Waals surface area contributed by atoms with Crippen molar-refractivity contribution in [3.05, 3.63) is 0 Å². The third-order valence-corrected chi connectivity index (χ3v) is 6.10. The van der Waals surface area contributed by atoms with Crippen LogP contribution in [0.5, 0.6) is 0 Å². The molecule has 8 heteroatoms. The predicted octanol–water partition coefficient (Wildman–Crippen LogP) is 8.41. The molecular weight excluding hydrogens is 512 g/mol. The molecule has 0 radical (unpaired) electrons. The molecule has 242 valence electrons. The second-order valence-corrected chi connectivity index (χ2v) is 11.7. The molecule has 40 heavy (non-hydrogen) atoms. The zero-order valence-electron chi connectivity index (χ0n) is 27.9. The summed E-state index contributed by atoms with van der Waals surface area (Å²) in [6, 6.07) is 0. The Balaban J connectivity index is 5.89. The first-order valence-corrected chi connectivity index (χ1v) is 16.3. The Morgan fingerprint density at radius 1 is 0.600 bits per heavy atom. The summed E-state index contributed by atoms with van der Waals surface area (Å²) in [5.41, 5.74) is 0. The van der Waals surface area contributed by atoms with E-state index < -0.39 is 18.1 Å². The minimum absolute atomic E-state index is 0.166. The van der Waals surface area contributed by atoms with Crippen molar-refractivity contribution in [2.75, 3.05) is 39.6 Å². The van der Waals surface area contributed by atoms with Crippen LogP contribution in [0.4, 0.5) is 0 Å². The maximum atomic E-state index is 6.38. The zero-order valence-corrected chi connectivity index (χ0v) is 27.9. The molecule has 0 aliphatic rings. The minimum Gasteiger partial charge on any atom is -0.370 e. The fraction of sp³-hybridized carbons (Fsp3) is 1.00. The molecule has 0 aromatic rings. The van der Waals surface area contributed by atoms with Crippen molar-refractivity contribution in [2.24, 2.45) is 11.8 Å². The van der Waals surface area contributed by atoms with Gasteiger partial charge in [0.15, 0.2) is 0 Å². The standard InChI is InChI=1S/C32H66O8/c1-11-15-17-24-35-31(34-23-16-12-2,37-26-28(7)8)21-18-19-30(33-14-4)32(36-22-13-3,39-29(9)10)40-38-25-20-27(5)6/h27-30H,11-26H2,1-10H3. The third-order valence-electron chi connectivity index (χ3n) is 6.10. The predicted molar refractivity (Wildman–Crippen MR) is 161 cm³/mol. The first-order valence-electron chi connectivity index (χ1n) is 16.3. The SMILES string of the molecule is CCCCCOC(CCCC(OCC)C(OCCC)(OOCCC(C)C)OC(C)C)(OCCCC)OCC(C)C. The van der Waals surface area contributed by atoms with E-state index in [1.165, 1.54) is 0 Å². The van der Waals surface area contributed by atoms with E-state index in [4.69, 9.17) is 38.2 Å². The van der Waals surface area contributed by atoms with E-state index in [0.29, 0.717) is 70.7 Å². The van der Waals surface area contributed by atoms with Gasteiger partial charge in [-0.3, -0.25) is 0 Å². The largest absolute Gasteiger partial charge is 0.370 e. The molecule has 0 heterocycles. The van der Waals surface area contributed by atoms with Crippen LogP contribution in [-0.2, 0) is 38.2 Å². The van der Waals surface area contributed by atoms with Gasteiger partial charge in [0.1, 0.15) is 6.10 Å². The van der Waals surface area contributed by atoms with Crippen LogP contribution in [0.2, 0.25) is 0 Å². The lowest BCUT2D eigenvalue weighted by Crippen LogP contribution is -2.53. The summed E-state index contributed by atoms with van der Waals surface area (Å²) >= 11 is 0. The molecule has 0 fully saturated rings. The Morgan fingerprint density at radius 2 is 1.27 bits per heavy atom. The molecule has 0 rings (SSSR count). The number of hydrogen-bond acceptors (Lipinski definition) is 8. The van der Waals surface area contributed by atoms with Crippen LogP contribution >= 0.6 is 0 Å². The van der Waals surface area contributed by atoms with Crippen molar-refractivity contribution in [1.29, 1.82) is 0 Å². The van der Waals surface area contributed by atoms with Crippen LogP contribution in [-0.4, -0.2) is 63.8 Å². The Labute approximate surface area is 247 Å². The molecule has 0 aromatic heterocycles. The second-order valence-electron chi connectivity index (χ2n) is 11.7. The van der Waals surface area contributed by atoms with E-state index in [1.54, 1.807) is 0 Å². The summed E-state index contributed by atoms with van der Waals surface area (Å²) in [7, 11) is 0. The van der Waals surface area contributed by atoms with Crippen molar-refractivity contribution in [2.45, 2.75) is 158 Å². The van der Waals surface area contributed by atoms with Crippen molar-refractivity contribution in [3.63, 3.8) is 0 Å². The Morgan fingerprint density at radius 3 is 1.82 bits per heavy atom. The molecule has 0 bridgehead atoms. The molecule has 0 aromatic carbocycles. The fourth-order valence-corrected chi connectivity index (χ4v) is 3.93. The molecule has 8 nitrogen and oxygen atoms in total. The summed E-state index contributed by atoms with van der Waals surface area (Å²) in [5.74, 6) is -1.73. The molecule has 0 amide bonds. The van der Waals surface area contributed by atoms with Gasteiger partial charge in [-0.25, -0.2) is 4.89 Å². The molecule has 3 atom stereocenters. The normalized spacial score (nSPS) is 16.1. The lowest BCUT2D eigenvalue weighted by molar-refractivity contribution is -0.533. The van der Waals surface area contributed by atoms with Gasteiger partial charge in [0.25, 0.3) is 5.97 Å². The van der Waals surface area contributed by atoms with Gasteiger partial charge >= 0.3 is 5.97 Å². The summed E-state index contributed by atoms with van der Waals surface area (Å²) in [6.45, 7) is 24.0. The van der Waals surface area contributed by atoms with Crippen LogP contribution in [0.1, 0.15) is 133 Å². The average molecular weight is 579 g/mol. The van der Waals surface area contributed by atoms with E-state index in [9.17, 15) is 0 Å². The molecule has 3 unspecified atom stereocenters. The lowest BCUT2D eigenvalue weighted by Gasteiger charge is -2.39. The molecule has 0 saturated carbocycles. The maximum Gasteiger partial charge on any atom is 0.339 e. The highest BCUT2D eigenvalue weighted by Gasteiger charge is 2.47. The molecule has 0 N–H and O–H groups in total. The van der Waals surface area contributed by atoms with Crippen molar-refractivity contribution >= 4 is 0 Å². The second kappa shape index (κ2) is 24.2. The van der Waals surface area contributed by atoms with Gasteiger partial charge in [0, 0.05) is 13.0 Å². The summed E-state index contributed by atoms with van der Waals surface area (Å²) in [6.07, 6.45) is 8.02. The lowest BCUT2D eigenvalue weighted by atomic mass is 10.1. The molecule has 0 aliphatic heterocycles. The van der Waals surface area contributed by atoms with E-state index in [1.807, 2.05) is 20.8 Å². The van der Waals surface area contributed by atoms with Crippen LogP contribution < -0.4 is 0 Å². The number of ether oxygens (including phenoxy) is 6. The highest BCUT2D eigenvalue weighted by atomic mass is 17.3. The van der Waals surface area contributed by atoms with Crippen LogP contribution in [0.25, 0.3) is 0 Å². The highest BCUT2D eigenvalue weighted by molar-refractivity contribution is 4.75. The summed E-state index contributed by atoms with van der Waals surface area (Å²) in [5, 5.41) is 0. The van der Waals surface area contributed by atoms with E-state index >= 15 is 0 Å². The number of unbranched alkanes of at least 4 members (excludes halogenated alkanes) is 3. The fourth-order valence-electron chi connectivity index (χ4n) is 3.93. The van der Waals surface area contributed by atoms with Gasteiger partial charge < -0.3 is 28.4 Å². The van der Waals surface area contributed by atoms with Crippen molar-refractivity contribution in [3.8, 4) is 0 Å². The Bertz CT molecular complexity index is 559. The molecule has 0 saturated heterocycles. The zero-order chi connectivity index (χ0) is 30.3. The molecule has 0 aliphatic carbocycles. The summed E-state index contributed by atoms with van der Waals surface area (Å²) in [4.78, 5) is 11.7. The topological polar surface area (TPSA) is 73.8 Å². The highest BCUT2D eigenvalue weighted by Crippen LogP contribution is 2.32. The van der Waals surface area contributed by atoms with Gasteiger partial charge in [0.2, 0.25) is 0 Å². The van der Waals surface area contributed by atoms with Crippen molar-refractivity contribution < 1.29 is 38.2 Å². The van der Waals surface area contributed by atoms with Gasteiger partial charge in [-0.05, 0) is 71.1 Å². The number of rotatable bonds is 29. The van der Waals surface area contributed by atoms with Crippen LogP contribution in [0, 0.1) is 11.8 Å². The quantitative estimate of drug-likeness (QED) is 0.0379. The van der Waals surface area contributed by atoms with Crippen LogP contribution in [0.15, 0.2) is 0 Å². The molecular formula is C32H66O8. The van der Waals surface area contributed by atoms with Gasteiger partial charge in [0.05, 0.1) is 39.1 Å². The maximum absolute atomic E-state index is 6.38. The van der Waals surface area contributed by atoms with E-state index in [0.717, 1.165) is 44.9 Å². The minimum atomic E-state index is -1.48. The van der Waals surface area contributed by atoms with E-state index in [-0.39, 0.29) is 6.10 Å². The Kier molecular flexibility index (Phi) is 24.0. The summed E-state index contributed by atoms with van der Waals surface area (Å²) < 4.78 is 37.9. The van der Waals surface area contributed by atoms with Crippen LogP contribution in [0.3, 0.4) is 0 Å². The smallest absolute Gasteiger partial charge is 0.339 e. The molecule has 0 spiro atoms. The Hall–Kier alpha value is -0.320. The number of hydrogen-bond donors (Lipinski definition) is 0. The first kappa shape index (κ1) is 39.7. The average Bonchev–Trinajstić information content (AvgIpc) is 2.90. The van der Waals surface area contributed by atoms with Gasteiger partial charge in [-0.15, -0.1) is 0 Å². The monoisotopic (exact) mass is 578 g/mol. The van der Waals surface area contributed by atoms with Crippen molar-refractivity contribution in [1.82, 2.24) is 0 Å². The van der Waals surface area contributed by atoms with Gasteiger partial charge in [-0.2, -0.15) is 4.89 Å². The third kappa shape index (κ3) is 18.3. The van der Waals surface area contributed by atoms with Gasteiger partial charge in [-0.1, -0.05) is 67.7 Å². The van der Waals surface area contributed by atoms with E-state index in [2.05, 4.69) is 48.5 Å².